The summed E-state index contributed by atoms with van der Waals surface area (Å²) in [5.74, 6) is 1.12. The van der Waals surface area contributed by atoms with Crippen molar-refractivity contribution in [3.8, 4) is 0 Å². The van der Waals surface area contributed by atoms with Crippen molar-refractivity contribution in [2.75, 3.05) is 26.7 Å². The van der Waals surface area contributed by atoms with Crippen molar-refractivity contribution in [3.05, 3.63) is 23.8 Å². The molecule has 0 N–H and O–H groups in total. The number of ether oxygens (including phenoxy) is 1. The molecule has 0 bridgehead atoms. The first kappa shape index (κ1) is 23.7. The van der Waals surface area contributed by atoms with Crippen LogP contribution in [0.3, 0.4) is 0 Å². The quantitative estimate of drug-likeness (QED) is 0.523. The van der Waals surface area contributed by atoms with Crippen LogP contribution in [0.25, 0.3) is 0 Å². The van der Waals surface area contributed by atoms with E-state index in [-0.39, 0.29) is 6.09 Å². The summed E-state index contributed by atoms with van der Waals surface area (Å²) in [4.78, 5) is 16.4. The Labute approximate surface area is 167 Å². The molecule has 1 amide bonds. The fourth-order valence-corrected chi connectivity index (χ4v) is 3.46. The van der Waals surface area contributed by atoms with E-state index in [9.17, 15) is 4.79 Å². The van der Waals surface area contributed by atoms with Crippen LogP contribution in [0, 0.1) is 11.8 Å². The molecule has 2 atom stereocenters. The van der Waals surface area contributed by atoms with Crippen molar-refractivity contribution < 1.29 is 9.53 Å². The van der Waals surface area contributed by atoms with Gasteiger partial charge in [0.25, 0.3) is 0 Å². The van der Waals surface area contributed by atoms with Crippen LogP contribution in [-0.4, -0.2) is 54.2 Å². The highest BCUT2D eigenvalue weighted by molar-refractivity contribution is 5.68. The number of allylic oxidation sites excluding steroid dienone is 1. The van der Waals surface area contributed by atoms with Gasteiger partial charge in [-0.15, -0.1) is 0 Å². The van der Waals surface area contributed by atoms with Crippen LogP contribution in [0.4, 0.5) is 4.79 Å². The Morgan fingerprint density at radius 2 is 1.96 bits per heavy atom. The van der Waals surface area contributed by atoms with Gasteiger partial charge in [0, 0.05) is 19.1 Å². The minimum absolute atomic E-state index is 0.175. The number of likely N-dealkylation sites (N-methyl/N-ethyl adjacent to an activating group) is 1. The van der Waals surface area contributed by atoms with Crippen molar-refractivity contribution in [2.45, 2.75) is 79.4 Å². The Kier molecular flexibility index (Phi) is 9.07. The van der Waals surface area contributed by atoms with E-state index in [1.807, 2.05) is 25.7 Å². The number of nitrogens with zero attached hydrogens (tertiary/aromatic N) is 2. The zero-order valence-electron chi connectivity index (χ0n) is 19.0. The number of hydrogen-bond donors (Lipinski definition) is 0. The Morgan fingerprint density at radius 1 is 1.33 bits per heavy atom. The molecule has 1 rings (SSSR count). The van der Waals surface area contributed by atoms with Crippen LogP contribution in [-0.2, 0) is 4.74 Å². The van der Waals surface area contributed by atoms with E-state index < -0.39 is 5.60 Å². The third-order valence-corrected chi connectivity index (χ3v) is 5.55. The summed E-state index contributed by atoms with van der Waals surface area (Å²) < 4.78 is 5.49. The van der Waals surface area contributed by atoms with Gasteiger partial charge in [-0.1, -0.05) is 39.0 Å². The zero-order chi connectivity index (χ0) is 20.8. The van der Waals surface area contributed by atoms with Crippen LogP contribution in [0.1, 0.15) is 67.7 Å². The van der Waals surface area contributed by atoms with Crippen molar-refractivity contribution >= 4 is 6.09 Å². The van der Waals surface area contributed by atoms with Crippen molar-refractivity contribution in [3.63, 3.8) is 0 Å². The summed E-state index contributed by atoms with van der Waals surface area (Å²) in [6.07, 6.45) is 5.35. The largest absolute Gasteiger partial charge is 0.444 e. The molecule has 0 aromatic carbocycles. The van der Waals surface area contributed by atoms with Gasteiger partial charge in [0.2, 0.25) is 0 Å². The minimum atomic E-state index is -0.425. The van der Waals surface area contributed by atoms with Crippen molar-refractivity contribution in [1.82, 2.24) is 9.80 Å². The van der Waals surface area contributed by atoms with Gasteiger partial charge in [0.05, 0.1) is 0 Å². The van der Waals surface area contributed by atoms with E-state index >= 15 is 0 Å². The third-order valence-electron chi connectivity index (χ3n) is 5.55. The van der Waals surface area contributed by atoms with E-state index in [2.05, 4.69) is 52.3 Å². The van der Waals surface area contributed by atoms with Crippen molar-refractivity contribution in [1.29, 1.82) is 0 Å². The molecule has 1 aliphatic heterocycles. The van der Waals surface area contributed by atoms with E-state index in [1.165, 1.54) is 11.1 Å². The molecule has 4 nitrogen and oxygen atoms in total. The molecule has 1 fully saturated rings. The lowest BCUT2D eigenvalue weighted by Gasteiger charge is -2.27. The number of amides is 1. The summed E-state index contributed by atoms with van der Waals surface area (Å²) in [5.41, 5.74) is 2.22. The van der Waals surface area contributed by atoms with Gasteiger partial charge < -0.3 is 9.64 Å². The highest BCUT2D eigenvalue weighted by Crippen LogP contribution is 2.23. The molecule has 1 aliphatic rings. The number of rotatable bonds is 8. The predicted molar refractivity (Wildman–Crippen MR) is 115 cm³/mol. The lowest BCUT2D eigenvalue weighted by molar-refractivity contribution is 0.0287. The monoisotopic (exact) mass is 378 g/mol. The van der Waals surface area contributed by atoms with Gasteiger partial charge in [-0.2, -0.15) is 0 Å². The molecule has 1 heterocycles. The van der Waals surface area contributed by atoms with Crippen LogP contribution >= 0.6 is 0 Å². The lowest BCUT2D eigenvalue weighted by atomic mass is 9.96. The Balaban J connectivity index is 2.47. The molecule has 0 aromatic rings. The summed E-state index contributed by atoms with van der Waals surface area (Å²) in [7, 11) is 2.17. The first-order chi connectivity index (χ1) is 12.4. The van der Waals surface area contributed by atoms with Gasteiger partial charge in [-0.3, -0.25) is 4.90 Å². The third kappa shape index (κ3) is 8.08. The summed E-state index contributed by atoms with van der Waals surface area (Å²) in [6, 6.07) is 0.327. The van der Waals surface area contributed by atoms with Gasteiger partial charge >= 0.3 is 6.09 Å². The fourth-order valence-electron chi connectivity index (χ4n) is 3.46. The van der Waals surface area contributed by atoms with Crippen LogP contribution in [0.15, 0.2) is 23.8 Å². The van der Waals surface area contributed by atoms with E-state index in [0.29, 0.717) is 17.9 Å². The molecule has 27 heavy (non-hydrogen) atoms. The van der Waals surface area contributed by atoms with E-state index in [4.69, 9.17) is 4.74 Å². The second-order valence-corrected chi connectivity index (χ2v) is 9.33. The second-order valence-electron chi connectivity index (χ2n) is 9.33. The molecule has 0 aromatic heterocycles. The highest BCUT2D eigenvalue weighted by atomic mass is 16.6. The van der Waals surface area contributed by atoms with E-state index in [1.54, 1.807) is 0 Å². The smallest absolute Gasteiger partial charge is 0.410 e. The zero-order valence-corrected chi connectivity index (χ0v) is 19.0. The first-order valence-corrected chi connectivity index (χ1v) is 10.5. The highest BCUT2D eigenvalue weighted by Gasteiger charge is 2.29. The SMILES string of the molecule is C=C(/C=C(\CC)C(C)C)C(C)N(C)CCC1CCN(C(=O)OC(C)(C)C)C1. The molecule has 0 aliphatic carbocycles. The topological polar surface area (TPSA) is 32.8 Å². The number of hydrogen-bond acceptors (Lipinski definition) is 3. The standard InChI is InChI=1S/C23H42N2O2/c1-10-21(17(2)3)15-18(4)19(5)24(9)13-11-20-12-14-25(16-20)22(26)27-23(6,7)8/h15,17,19-20H,4,10-14,16H2,1-3,5-9H3/b21-15+. The molecule has 1 saturated heterocycles. The maximum atomic E-state index is 12.2. The fraction of sp³-hybridized carbons (Fsp3) is 0.783. The van der Waals surface area contributed by atoms with Crippen LogP contribution in [0.5, 0.6) is 0 Å². The average Bonchev–Trinajstić information content (AvgIpc) is 3.03. The summed E-state index contributed by atoms with van der Waals surface area (Å²) in [6.45, 7) is 21.6. The number of carbonyl (C=O) groups is 1. The van der Waals surface area contributed by atoms with Crippen molar-refractivity contribution in [2.24, 2.45) is 11.8 Å². The Bertz CT molecular complexity index is 531. The lowest BCUT2D eigenvalue weighted by Crippen LogP contribution is -2.36. The summed E-state index contributed by atoms with van der Waals surface area (Å²) >= 11 is 0. The van der Waals surface area contributed by atoms with Gasteiger partial charge in [-0.05, 0) is 78.0 Å². The Hall–Kier alpha value is -1.29. The molecule has 0 spiro atoms. The Morgan fingerprint density at radius 3 is 2.48 bits per heavy atom. The first-order valence-electron chi connectivity index (χ1n) is 10.5. The molecule has 2 unspecified atom stereocenters. The van der Waals surface area contributed by atoms with Gasteiger partial charge in [0.15, 0.2) is 0 Å². The second kappa shape index (κ2) is 10.3. The summed E-state index contributed by atoms with van der Waals surface area (Å²) in [5, 5.41) is 0. The number of carbonyl (C=O) groups excluding carboxylic acids is 1. The van der Waals surface area contributed by atoms with Crippen LogP contribution < -0.4 is 0 Å². The van der Waals surface area contributed by atoms with Crippen LogP contribution in [0.2, 0.25) is 0 Å². The van der Waals surface area contributed by atoms with E-state index in [0.717, 1.165) is 38.9 Å². The molecule has 0 radical (unpaired) electrons. The maximum absolute atomic E-state index is 12.2. The molecule has 0 saturated carbocycles. The normalized spacial score (nSPS) is 19.7. The number of likely N-dealkylation sites (tertiary alicyclic amines) is 1. The van der Waals surface area contributed by atoms with Gasteiger partial charge in [0.1, 0.15) is 5.60 Å². The molecule has 4 heteroatoms. The maximum Gasteiger partial charge on any atom is 0.410 e. The van der Waals surface area contributed by atoms with Gasteiger partial charge in [-0.25, -0.2) is 4.79 Å². The molecule has 156 valence electrons. The predicted octanol–water partition coefficient (Wildman–Crippen LogP) is 5.50. The molecular weight excluding hydrogens is 336 g/mol. The molecular formula is C23H42N2O2. The average molecular weight is 379 g/mol. The minimum Gasteiger partial charge on any atom is -0.444 e.